The van der Waals surface area contributed by atoms with Crippen molar-refractivity contribution in [2.75, 3.05) is 13.7 Å². The van der Waals surface area contributed by atoms with Gasteiger partial charge < -0.3 is 14.2 Å². The number of benzene rings is 1. The van der Waals surface area contributed by atoms with Crippen LogP contribution in [0.5, 0.6) is 0 Å². The third-order valence-corrected chi connectivity index (χ3v) is 4.30. The summed E-state index contributed by atoms with van der Waals surface area (Å²) in [6.07, 6.45) is 2.09. The number of nitrogens with zero attached hydrogens (tertiary/aromatic N) is 4. The number of aryl methyl sites for hydroxylation is 1. The molecule has 2 atom stereocenters. The van der Waals surface area contributed by atoms with E-state index in [4.69, 9.17) is 4.74 Å². The number of hydrogen-bond acceptors (Lipinski definition) is 4. The lowest BCUT2D eigenvalue weighted by molar-refractivity contribution is -0.131. The van der Waals surface area contributed by atoms with Gasteiger partial charge in [0.05, 0.1) is 18.6 Å². The molecule has 1 aromatic carbocycles. The minimum atomic E-state index is -0.957. The van der Waals surface area contributed by atoms with E-state index >= 15 is 0 Å². The maximum Gasteiger partial charge on any atom is 0.227 e. The van der Waals surface area contributed by atoms with E-state index in [0.29, 0.717) is 24.4 Å². The van der Waals surface area contributed by atoms with Gasteiger partial charge in [-0.1, -0.05) is 6.07 Å². The summed E-state index contributed by atoms with van der Waals surface area (Å²) in [4.78, 5) is 14.4. The van der Waals surface area contributed by atoms with Gasteiger partial charge in [0.15, 0.2) is 17.5 Å². The summed E-state index contributed by atoms with van der Waals surface area (Å²) in [6.45, 7) is 0.427. The average molecular weight is 336 g/mol. The molecule has 6 nitrogen and oxygen atoms in total. The van der Waals surface area contributed by atoms with Gasteiger partial charge in [-0.2, -0.15) is 0 Å². The molecule has 8 heteroatoms. The van der Waals surface area contributed by atoms with Crippen LogP contribution in [0.4, 0.5) is 8.78 Å². The lowest BCUT2D eigenvalue weighted by atomic mass is 10.1. The molecule has 1 aliphatic rings. The standard InChI is InChI=1S/C16H18F2N4O2/c1-21-9-19-20-16(21)14-7-11(24-2)8-22(14)15(23)6-10-3-4-12(17)13(18)5-10/h3-5,9,11,14H,6-8H2,1-2H3/t11-,14+/m1/s1. The lowest BCUT2D eigenvalue weighted by Gasteiger charge is -2.23. The van der Waals surface area contributed by atoms with Crippen LogP contribution in [-0.2, 0) is 23.0 Å². The first-order chi connectivity index (χ1) is 11.5. The first-order valence-corrected chi connectivity index (χ1v) is 7.59. The number of aromatic nitrogens is 3. The van der Waals surface area contributed by atoms with Crippen LogP contribution in [0.25, 0.3) is 0 Å². The summed E-state index contributed by atoms with van der Waals surface area (Å²) in [5.41, 5.74) is 0.427. The molecule has 2 aromatic rings. The Morgan fingerprint density at radius 2 is 2.17 bits per heavy atom. The highest BCUT2D eigenvalue weighted by molar-refractivity contribution is 5.79. The molecule has 1 aliphatic heterocycles. The van der Waals surface area contributed by atoms with Crippen molar-refractivity contribution in [3.05, 3.63) is 47.5 Å². The molecule has 1 aromatic heterocycles. The van der Waals surface area contributed by atoms with Gasteiger partial charge in [0.25, 0.3) is 0 Å². The number of methoxy groups -OCH3 is 1. The quantitative estimate of drug-likeness (QED) is 0.851. The molecule has 0 N–H and O–H groups in total. The molecule has 0 spiro atoms. The van der Waals surface area contributed by atoms with E-state index < -0.39 is 11.6 Å². The normalized spacial score (nSPS) is 20.6. The molecule has 128 valence electrons. The molecule has 2 heterocycles. The summed E-state index contributed by atoms with van der Waals surface area (Å²) in [7, 11) is 3.41. The van der Waals surface area contributed by atoms with E-state index in [1.165, 1.54) is 6.07 Å². The van der Waals surface area contributed by atoms with Crippen LogP contribution in [0.2, 0.25) is 0 Å². The van der Waals surface area contributed by atoms with Crippen LogP contribution in [0.1, 0.15) is 23.9 Å². The van der Waals surface area contributed by atoms with E-state index in [1.807, 2.05) is 7.05 Å². The predicted octanol–water partition coefficient (Wildman–Crippen LogP) is 1.62. The minimum absolute atomic E-state index is 0.0119. The Kier molecular flexibility index (Phi) is 4.57. The summed E-state index contributed by atoms with van der Waals surface area (Å²) in [6, 6.07) is 3.24. The second-order valence-electron chi connectivity index (χ2n) is 5.88. The highest BCUT2D eigenvalue weighted by Crippen LogP contribution is 2.32. The third kappa shape index (κ3) is 3.14. The van der Waals surface area contributed by atoms with E-state index in [-0.39, 0.29) is 24.5 Å². The van der Waals surface area contributed by atoms with Gasteiger partial charge in [-0.25, -0.2) is 8.78 Å². The van der Waals surface area contributed by atoms with Gasteiger partial charge in [-0.3, -0.25) is 4.79 Å². The fraction of sp³-hybridized carbons (Fsp3) is 0.438. The number of ether oxygens (including phenoxy) is 1. The molecular formula is C16H18F2N4O2. The van der Waals surface area contributed by atoms with Crippen molar-refractivity contribution >= 4 is 5.91 Å². The summed E-state index contributed by atoms with van der Waals surface area (Å²) >= 11 is 0. The van der Waals surface area contributed by atoms with Gasteiger partial charge >= 0.3 is 0 Å². The lowest BCUT2D eigenvalue weighted by Crippen LogP contribution is -2.34. The van der Waals surface area contributed by atoms with Gasteiger partial charge in [0, 0.05) is 27.1 Å². The van der Waals surface area contributed by atoms with Crippen molar-refractivity contribution < 1.29 is 18.3 Å². The first kappa shape index (κ1) is 16.5. The minimum Gasteiger partial charge on any atom is -0.380 e. The Labute approximate surface area is 138 Å². The number of halogens is 2. The van der Waals surface area contributed by atoms with Crippen molar-refractivity contribution in [1.82, 2.24) is 19.7 Å². The molecule has 1 fully saturated rings. The third-order valence-electron chi connectivity index (χ3n) is 4.30. The van der Waals surface area contributed by atoms with E-state index in [2.05, 4.69) is 10.2 Å². The SMILES string of the molecule is CO[C@@H]1C[C@@H](c2nncn2C)N(C(=O)Cc2ccc(F)c(F)c2)C1. The number of hydrogen-bond donors (Lipinski definition) is 0. The topological polar surface area (TPSA) is 60.3 Å². The van der Waals surface area contributed by atoms with E-state index in [0.717, 1.165) is 12.1 Å². The Balaban J connectivity index is 1.80. The monoisotopic (exact) mass is 336 g/mol. The molecule has 0 radical (unpaired) electrons. The number of carbonyl (C=O) groups excluding carboxylic acids is 1. The zero-order valence-electron chi connectivity index (χ0n) is 13.4. The van der Waals surface area contributed by atoms with Crippen molar-refractivity contribution in [3.8, 4) is 0 Å². The van der Waals surface area contributed by atoms with Crippen molar-refractivity contribution in [1.29, 1.82) is 0 Å². The smallest absolute Gasteiger partial charge is 0.227 e. The van der Waals surface area contributed by atoms with Gasteiger partial charge in [-0.05, 0) is 17.7 Å². The van der Waals surface area contributed by atoms with E-state index in [9.17, 15) is 13.6 Å². The number of amides is 1. The fourth-order valence-electron chi connectivity index (χ4n) is 3.01. The second-order valence-corrected chi connectivity index (χ2v) is 5.88. The molecular weight excluding hydrogens is 318 g/mol. The maximum atomic E-state index is 13.3. The molecule has 24 heavy (non-hydrogen) atoms. The van der Waals surface area contributed by atoms with Crippen LogP contribution in [0, 0.1) is 11.6 Å². The van der Waals surface area contributed by atoms with Gasteiger partial charge in [-0.15, -0.1) is 10.2 Å². The van der Waals surface area contributed by atoms with Crippen molar-refractivity contribution in [2.45, 2.75) is 25.0 Å². The Morgan fingerprint density at radius 1 is 1.38 bits per heavy atom. The molecule has 0 aliphatic carbocycles. The largest absolute Gasteiger partial charge is 0.380 e. The molecule has 0 saturated carbocycles. The Hall–Kier alpha value is -2.35. The maximum absolute atomic E-state index is 13.3. The second kappa shape index (κ2) is 6.64. The Bertz CT molecular complexity index is 749. The summed E-state index contributed by atoms with van der Waals surface area (Å²) in [5.74, 6) is -1.40. The zero-order valence-corrected chi connectivity index (χ0v) is 13.4. The predicted molar refractivity (Wildman–Crippen MR) is 80.9 cm³/mol. The van der Waals surface area contributed by atoms with Crippen LogP contribution in [0.15, 0.2) is 24.5 Å². The number of rotatable bonds is 4. The fourth-order valence-corrected chi connectivity index (χ4v) is 3.01. The van der Waals surface area contributed by atoms with Gasteiger partial charge in [0.2, 0.25) is 5.91 Å². The number of likely N-dealkylation sites (tertiary alicyclic amines) is 1. The average Bonchev–Trinajstić information content (AvgIpc) is 3.16. The highest BCUT2D eigenvalue weighted by Gasteiger charge is 2.38. The van der Waals surface area contributed by atoms with Crippen LogP contribution in [0.3, 0.4) is 0 Å². The molecule has 0 unspecified atom stereocenters. The molecule has 3 rings (SSSR count). The molecule has 1 amide bonds. The first-order valence-electron chi connectivity index (χ1n) is 7.59. The van der Waals surface area contributed by atoms with Gasteiger partial charge in [0.1, 0.15) is 6.33 Å². The van der Waals surface area contributed by atoms with Crippen LogP contribution < -0.4 is 0 Å². The number of carbonyl (C=O) groups is 1. The molecule has 0 bridgehead atoms. The van der Waals surface area contributed by atoms with E-state index in [1.54, 1.807) is 22.9 Å². The van der Waals surface area contributed by atoms with Crippen molar-refractivity contribution in [2.24, 2.45) is 7.05 Å². The zero-order chi connectivity index (χ0) is 17.3. The Morgan fingerprint density at radius 3 is 2.79 bits per heavy atom. The van der Waals surface area contributed by atoms with Crippen LogP contribution >= 0.6 is 0 Å². The molecule has 1 saturated heterocycles. The van der Waals surface area contributed by atoms with Crippen LogP contribution in [-0.4, -0.2) is 45.3 Å². The summed E-state index contributed by atoms with van der Waals surface area (Å²) < 4.78 is 33.5. The summed E-state index contributed by atoms with van der Waals surface area (Å²) in [5, 5.41) is 7.95. The highest BCUT2D eigenvalue weighted by atomic mass is 19.2. The van der Waals surface area contributed by atoms with Crippen molar-refractivity contribution in [3.63, 3.8) is 0 Å².